The van der Waals surface area contributed by atoms with E-state index in [4.69, 9.17) is 4.74 Å². The standard InChI is InChI=1S/C23H26N2O2/c1-22(2,3)17-7-5-6-8-20(17)25-21(26)23(11-12-23)18-14-24-19-10-9-15(27-4)13-16(18)19/h5-10,13-14,24H,11-12H2,1-4H3,(H,25,26). The quantitative estimate of drug-likeness (QED) is 0.675. The van der Waals surface area contributed by atoms with Gasteiger partial charge in [0.15, 0.2) is 0 Å². The summed E-state index contributed by atoms with van der Waals surface area (Å²) in [6.45, 7) is 6.49. The molecule has 2 aromatic carbocycles. The second-order valence-corrected chi connectivity index (χ2v) is 8.45. The fourth-order valence-electron chi connectivity index (χ4n) is 3.85. The highest BCUT2D eigenvalue weighted by atomic mass is 16.5. The van der Waals surface area contributed by atoms with Crippen LogP contribution in [-0.2, 0) is 15.6 Å². The van der Waals surface area contributed by atoms with Crippen LogP contribution in [0.4, 0.5) is 5.69 Å². The van der Waals surface area contributed by atoms with Gasteiger partial charge >= 0.3 is 0 Å². The third kappa shape index (κ3) is 2.99. The Morgan fingerprint density at radius 1 is 1.15 bits per heavy atom. The van der Waals surface area contributed by atoms with E-state index >= 15 is 0 Å². The van der Waals surface area contributed by atoms with Gasteiger partial charge in [-0.25, -0.2) is 0 Å². The number of methoxy groups -OCH3 is 1. The van der Waals surface area contributed by atoms with Crippen LogP contribution in [-0.4, -0.2) is 18.0 Å². The molecule has 0 unspecified atom stereocenters. The summed E-state index contributed by atoms with van der Waals surface area (Å²) in [6, 6.07) is 14.0. The highest BCUT2D eigenvalue weighted by Crippen LogP contribution is 2.51. The van der Waals surface area contributed by atoms with Crippen LogP contribution in [0.25, 0.3) is 10.9 Å². The molecule has 4 rings (SSSR count). The molecule has 0 saturated heterocycles. The van der Waals surface area contributed by atoms with Gasteiger partial charge in [0.2, 0.25) is 5.91 Å². The zero-order chi connectivity index (χ0) is 19.2. The smallest absolute Gasteiger partial charge is 0.235 e. The minimum absolute atomic E-state index is 0.0330. The molecule has 140 valence electrons. The van der Waals surface area contributed by atoms with Gasteiger partial charge in [0.1, 0.15) is 5.75 Å². The third-order valence-electron chi connectivity index (χ3n) is 5.57. The van der Waals surface area contributed by atoms with E-state index in [9.17, 15) is 4.79 Å². The average Bonchev–Trinajstić information content (AvgIpc) is 3.34. The Labute approximate surface area is 159 Å². The Balaban J connectivity index is 1.69. The maximum Gasteiger partial charge on any atom is 0.235 e. The lowest BCUT2D eigenvalue weighted by atomic mass is 9.85. The zero-order valence-electron chi connectivity index (χ0n) is 16.3. The van der Waals surface area contributed by atoms with Crippen LogP contribution in [0, 0.1) is 0 Å². The summed E-state index contributed by atoms with van der Waals surface area (Å²) in [4.78, 5) is 16.6. The maximum atomic E-state index is 13.3. The van der Waals surface area contributed by atoms with Gasteiger partial charge in [-0.1, -0.05) is 39.0 Å². The molecule has 27 heavy (non-hydrogen) atoms. The first-order valence-corrected chi connectivity index (χ1v) is 9.42. The highest BCUT2D eigenvalue weighted by Gasteiger charge is 2.52. The topological polar surface area (TPSA) is 54.1 Å². The van der Waals surface area contributed by atoms with Crippen molar-refractivity contribution in [1.29, 1.82) is 0 Å². The Morgan fingerprint density at radius 2 is 1.89 bits per heavy atom. The van der Waals surface area contributed by atoms with Crippen molar-refractivity contribution in [3.8, 4) is 5.75 Å². The zero-order valence-corrected chi connectivity index (χ0v) is 16.3. The van der Waals surface area contributed by atoms with Gasteiger partial charge in [0, 0.05) is 22.8 Å². The Hall–Kier alpha value is -2.75. The number of amides is 1. The van der Waals surface area contributed by atoms with Gasteiger partial charge in [-0.05, 0) is 53.6 Å². The molecule has 0 bridgehead atoms. The summed E-state index contributed by atoms with van der Waals surface area (Å²) in [5.74, 6) is 0.876. The van der Waals surface area contributed by atoms with Gasteiger partial charge in [-0.2, -0.15) is 0 Å². The number of para-hydroxylation sites is 1. The van der Waals surface area contributed by atoms with E-state index in [0.29, 0.717) is 0 Å². The molecule has 0 aliphatic heterocycles. The van der Waals surface area contributed by atoms with E-state index in [-0.39, 0.29) is 11.3 Å². The van der Waals surface area contributed by atoms with Crippen LogP contribution >= 0.6 is 0 Å². The van der Waals surface area contributed by atoms with Crippen LogP contribution in [0.5, 0.6) is 5.75 Å². The number of rotatable bonds is 4. The fourth-order valence-corrected chi connectivity index (χ4v) is 3.85. The lowest BCUT2D eigenvalue weighted by molar-refractivity contribution is -0.118. The molecule has 0 atom stereocenters. The van der Waals surface area contributed by atoms with Gasteiger partial charge < -0.3 is 15.0 Å². The molecule has 2 N–H and O–H groups in total. The monoisotopic (exact) mass is 362 g/mol. The van der Waals surface area contributed by atoms with Gasteiger partial charge in [0.25, 0.3) is 0 Å². The second kappa shape index (κ2) is 6.15. The average molecular weight is 362 g/mol. The second-order valence-electron chi connectivity index (χ2n) is 8.45. The molecule has 1 saturated carbocycles. The minimum Gasteiger partial charge on any atom is -0.497 e. The van der Waals surface area contributed by atoms with Crippen molar-refractivity contribution in [3.05, 3.63) is 59.8 Å². The number of H-pyrrole nitrogens is 1. The van der Waals surface area contributed by atoms with Crippen molar-refractivity contribution in [2.75, 3.05) is 12.4 Å². The van der Waals surface area contributed by atoms with Gasteiger partial charge in [-0.15, -0.1) is 0 Å². The first-order chi connectivity index (χ1) is 12.8. The van der Waals surface area contributed by atoms with E-state index in [1.54, 1.807) is 7.11 Å². The van der Waals surface area contributed by atoms with Crippen LogP contribution in [0.2, 0.25) is 0 Å². The fraction of sp³-hybridized carbons (Fsp3) is 0.348. The number of hydrogen-bond acceptors (Lipinski definition) is 2. The number of carbonyl (C=O) groups is 1. The van der Waals surface area contributed by atoms with Crippen LogP contribution in [0.15, 0.2) is 48.7 Å². The molecule has 0 radical (unpaired) electrons. The summed E-state index contributed by atoms with van der Waals surface area (Å²) < 4.78 is 5.37. The SMILES string of the molecule is COc1ccc2[nH]cc(C3(C(=O)Nc4ccccc4C(C)(C)C)CC3)c2c1. The van der Waals surface area contributed by atoms with Crippen molar-refractivity contribution in [2.45, 2.75) is 44.4 Å². The lowest BCUT2D eigenvalue weighted by Gasteiger charge is -2.24. The van der Waals surface area contributed by atoms with Crippen LogP contribution < -0.4 is 10.1 Å². The Bertz CT molecular complexity index is 1010. The number of carbonyl (C=O) groups excluding carboxylic acids is 1. The Morgan fingerprint density at radius 3 is 2.56 bits per heavy atom. The summed E-state index contributed by atoms with van der Waals surface area (Å²) in [5, 5.41) is 4.28. The molecular weight excluding hydrogens is 336 g/mol. The largest absolute Gasteiger partial charge is 0.497 e. The molecule has 4 heteroatoms. The normalized spacial score (nSPS) is 15.6. The van der Waals surface area contributed by atoms with Crippen molar-refractivity contribution >= 4 is 22.5 Å². The number of benzene rings is 2. The molecule has 1 amide bonds. The van der Waals surface area contributed by atoms with Crippen LogP contribution in [0.1, 0.15) is 44.7 Å². The number of aromatic amines is 1. The van der Waals surface area contributed by atoms with E-state index in [0.717, 1.165) is 46.3 Å². The number of fused-ring (bicyclic) bond motifs is 1. The predicted octanol–water partition coefficient (Wildman–Crippen LogP) is 5.14. The number of ether oxygens (including phenoxy) is 1. The Kier molecular flexibility index (Phi) is 4.02. The summed E-state index contributed by atoms with van der Waals surface area (Å²) in [7, 11) is 1.66. The summed E-state index contributed by atoms with van der Waals surface area (Å²) in [6.07, 6.45) is 3.70. The van der Waals surface area contributed by atoms with Crippen molar-refractivity contribution in [1.82, 2.24) is 4.98 Å². The number of anilines is 1. The molecule has 1 aromatic heterocycles. The molecule has 1 fully saturated rings. The van der Waals surface area contributed by atoms with Crippen molar-refractivity contribution in [2.24, 2.45) is 0 Å². The lowest BCUT2D eigenvalue weighted by Crippen LogP contribution is -2.29. The number of hydrogen-bond donors (Lipinski definition) is 2. The number of aromatic nitrogens is 1. The summed E-state index contributed by atoms with van der Waals surface area (Å²) >= 11 is 0. The molecule has 1 aliphatic rings. The first-order valence-electron chi connectivity index (χ1n) is 9.42. The third-order valence-corrected chi connectivity index (χ3v) is 5.57. The number of nitrogens with one attached hydrogen (secondary N) is 2. The maximum absolute atomic E-state index is 13.3. The van der Waals surface area contributed by atoms with Crippen molar-refractivity contribution < 1.29 is 9.53 Å². The van der Waals surface area contributed by atoms with E-state index in [2.05, 4.69) is 37.1 Å². The molecule has 1 heterocycles. The van der Waals surface area contributed by atoms with E-state index < -0.39 is 5.41 Å². The first kappa shape index (κ1) is 17.7. The van der Waals surface area contributed by atoms with Crippen LogP contribution in [0.3, 0.4) is 0 Å². The van der Waals surface area contributed by atoms with Crippen molar-refractivity contribution in [3.63, 3.8) is 0 Å². The van der Waals surface area contributed by atoms with E-state index in [1.165, 1.54) is 0 Å². The molecule has 4 nitrogen and oxygen atoms in total. The van der Waals surface area contributed by atoms with E-state index in [1.807, 2.05) is 42.6 Å². The van der Waals surface area contributed by atoms with Gasteiger partial charge in [0.05, 0.1) is 12.5 Å². The molecule has 1 aliphatic carbocycles. The predicted molar refractivity (Wildman–Crippen MR) is 110 cm³/mol. The van der Waals surface area contributed by atoms with Gasteiger partial charge in [-0.3, -0.25) is 4.79 Å². The highest BCUT2D eigenvalue weighted by molar-refractivity contribution is 6.05. The molecule has 0 spiro atoms. The molecular formula is C23H26N2O2. The molecule has 3 aromatic rings. The summed E-state index contributed by atoms with van der Waals surface area (Å²) in [5.41, 5.74) is 3.64. The minimum atomic E-state index is -0.463.